The molecule has 2 aliphatic carbocycles. The molecular formula is C41H30F6FeN5PRu. The molecule has 2 radical (unpaired) electrons. The molecule has 5 nitrogen and oxygen atoms in total. The van der Waals surface area contributed by atoms with E-state index in [0.717, 1.165) is 50.9 Å². The van der Waals surface area contributed by atoms with Crippen LogP contribution in [0.15, 0.2) is 176 Å². The summed E-state index contributed by atoms with van der Waals surface area (Å²) >= 11 is 0. The minimum Gasteiger partial charge on any atom is -0.295 e. The van der Waals surface area contributed by atoms with Crippen LogP contribution < -0.4 is 0 Å². The van der Waals surface area contributed by atoms with Crippen LogP contribution in [-0.2, 0) is 36.5 Å². The van der Waals surface area contributed by atoms with E-state index in [2.05, 4.69) is 50.3 Å². The normalized spacial score (nSPS) is 14.8. The van der Waals surface area contributed by atoms with Gasteiger partial charge in [0.2, 0.25) is 0 Å². The molecule has 14 heteroatoms. The van der Waals surface area contributed by atoms with Crippen LogP contribution in [0.4, 0.5) is 25.2 Å². The van der Waals surface area contributed by atoms with Crippen molar-refractivity contribution in [2.75, 3.05) is 0 Å². The van der Waals surface area contributed by atoms with E-state index in [9.17, 15) is 25.2 Å². The fourth-order valence-corrected chi connectivity index (χ4v) is 4.69. The van der Waals surface area contributed by atoms with Crippen molar-refractivity contribution in [2.45, 2.75) is 0 Å². The first-order chi connectivity index (χ1) is 25.3. The number of hydrogen-bond donors (Lipinski definition) is 0. The number of pyridine rings is 4. The Labute approximate surface area is 339 Å². The zero-order chi connectivity index (χ0) is 37.6. The summed E-state index contributed by atoms with van der Waals surface area (Å²) in [5.41, 5.74) is 9.53. The second kappa shape index (κ2) is 19.6. The van der Waals surface area contributed by atoms with Gasteiger partial charge >= 0.3 is 69.5 Å². The predicted octanol–water partition coefficient (Wildman–Crippen LogP) is 12.8. The fraction of sp³-hybridized carbons (Fsp3) is 0. The van der Waals surface area contributed by atoms with Crippen LogP contribution in [0.1, 0.15) is 11.4 Å². The number of hydrogen-bond acceptors (Lipinski definition) is 4. The van der Waals surface area contributed by atoms with Gasteiger partial charge in [-0.2, -0.15) is 0 Å². The number of aromatic nitrogens is 4. The van der Waals surface area contributed by atoms with Crippen LogP contribution in [0.5, 0.6) is 0 Å². The average molecular weight is 895 g/mol. The number of halogens is 6. The summed E-state index contributed by atoms with van der Waals surface area (Å²) in [6.07, 6.45) is 29.6. The molecule has 282 valence electrons. The molecule has 55 heavy (non-hydrogen) atoms. The van der Waals surface area contributed by atoms with E-state index < -0.39 is 7.81 Å². The second-order valence-electron chi connectivity index (χ2n) is 11.1. The molecular weight excluding hydrogens is 864 g/mol. The molecule has 0 spiro atoms. The van der Waals surface area contributed by atoms with Crippen LogP contribution in [0.3, 0.4) is 0 Å². The molecule has 5 heterocycles. The molecule has 3 aliphatic rings. The van der Waals surface area contributed by atoms with Gasteiger partial charge in [-0.05, 0) is 47.5 Å². The summed E-state index contributed by atoms with van der Waals surface area (Å²) in [6.45, 7) is 0. The molecule has 1 aliphatic heterocycles. The van der Waals surface area contributed by atoms with Gasteiger partial charge in [-0.3, -0.25) is 19.9 Å². The Kier molecular flexibility index (Phi) is 15.9. The molecule has 0 amide bonds. The van der Waals surface area contributed by atoms with Gasteiger partial charge in [-0.15, -0.1) is 48.5 Å². The maximum Gasteiger partial charge on any atom is 2.00 e. The van der Waals surface area contributed by atoms with Crippen molar-refractivity contribution in [3.63, 3.8) is 0 Å². The van der Waals surface area contributed by atoms with Crippen molar-refractivity contribution in [1.82, 2.24) is 19.9 Å². The largest absolute Gasteiger partial charge is 2.00 e. The Morgan fingerprint density at radius 1 is 0.527 bits per heavy atom. The summed E-state index contributed by atoms with van der Waals surface area (Å²) in [6, 6.07) is 32.8. The van der Waals surface area contributed by atoms with Crippen molar-refractivity contribution < 1.29 is 61.7 Å². The third-order valence-corrected chi connectivity index (χ3v) is 6.91. The van der Waals surface area contributed by atoms with Crippen molar-refractivity contribution in [3.05, 3.63) is 218 Å². The summed E-state index contributed by atoms with van der Waals surface area (Å²) in [5, 5.41) is 4.76. The molecule has 0 atom stereocenters. The van der Waals surface area contributed by atoms with Crippen molar-refractivity contribution in [1.29, 1.82) is 0 Å². The first-order valence-corrected chi connectivity index (χ1v) is 18.0. The topological polar surface area (TPSA) is 65.7 Å². The smallest absolute Gasteiger partial charge is 0.295 e. The van der Waals surface area contributed by atoms with Gasteiger partial charge in [0.15, 0.2) is 0 Å². The fourth-order valence-electron chi connectivity index (χ4n) is 4.69. The molecule has 5 aromatic rings. The molecule has 8 rings (SSSR count). The number of nitrogens with zero attached hydrogens (tertiary/aromatic N) is 5. The van der Waals surface area contributed by atoms with E-state index in [4.69, 9.17) is 5.32 Å². The van der Waals surface area contributed by atoms with E-state index in [1.165, 1.54) is 5.57 Å². The Bertz CT molecular complexity index is 2020. The van der Waals surface area contributed by atoms with Crippen molar-refractivity contribution in [3.8, 4) is 22.5 Å². The maximum atomic E-state index is 9.87. The van der Waals surface area contributed by atoms with E-state index >= 15 is 0 Å². The van der Waals surface area contributed by atoms with Crippen molar-refractivity contribution in [2.24, 2.45) is 0 Å². The van der Waals surface area contributed by atoms with Crippen molar-refractivity contribution >= 4 is 19.2 Å². The van der Waals surface area contributed by atoms with Gasteiger partial charge < -0.3 is 5.32 Å². The van der Waals surface area contributed by atoms with E-state index in [-0.39, 0.29) is 36.5 Å². The van der Waals surface area contributed by atoms with E-state index in [1.807, 2.05) is 135 Å². The van der Waals surface area contributed by atoms with E-state index in [0.29, 0.717) is 0 Å². The predicted molar refractivity (Wildman–Crippen MR) is 200 cm³/mol. The molecule has 0 unspecified atom stereocenters. The third-order valence-electron chi connectivity index (χ3n) is 6.91. The van der Waals surface area contributed by atoms with Gasteiger partial charge in [0.05, 0.1) is 0 Å². The van der Waals surface area contributed by atoms with Crippen LogP contribution >= 0.6 is 7.81 Å². The zero-order valence-electron chi connectivity index (χ0n) is 28.5. The summed E-state index contributed by atoms with van der Waals surface area (Å²) in [4.78, 5) is 17.5. The van der Waals surface area contributed by atoms with Crippen LogP contribution in [-0.4, -0.2) is 19.9 Å². The Balaban J connectivity index is 0.000000225. The number of benzene rings is 1. The summed E-state index contributed by atoms with van der Waals surface area (Å²) in [7, 11) is -10.7. The van der Waals surface area contributed by atoms with Gasteiger partial charge in [-0.25, -0.2) is 18.6 Å². The number of allylic oxidation sites excluding steroid dienone is 10. The van der Waals surface area contributed by atoms with Gasteiger partial charge in [0.25, 0.3) is 0 Å². The molecule has 4 aromatic heterocycles. The molecule has 0 saturated carbocycles. The molecule has 1 aromatic carbocycles. The van der Waals surface area contributed by atoms with E-state index in [1.54, 1.807) is 24.8 Å². The summed E-state index contributed by atoms with van der Waals surface area (Å²) < 4.78 is 59.2. The third kappa shape index (κ3) is 16.5. The average Bonchev–Trinajstić information content (AvgIpc) is 3.94. The monoisotopic (exact) mass is 895 g/mol. The first-order valence-electron chi connectivity index (χ1n) is 15.9. The minimum absolute atomic E-state index is 0. The van der Waals surface area contributed by atoms with Crippen LogP contribution in [0.2, 0.25) is 0 Å². The quantitative estimate of drug-likeness (QED) is 0.0780. The Hall–Kier alpha value is -4.92. The Morgan fingerprint density at radius 3 is 1.27 bits per heavy atom. The summed E-state index contributed by atoms with van der Waals surface area (Å²) in [5.74, 6) is 0. The minimum atomic E-state index is -10.7. The second-order valence-corrected chi connectivity index (χ2v) is 13.0. The van der Waals surface area contributed by atoms with Gasteiger partial charge in [0.1, 0.15) is 0 Å². The van der Waals surface area contributed by atoms with Gasteiger partial charge in [0, 0.05) is 47.6 Å². The SMILES string of the molecule is C1=CC(=C2C=C(c3ccccn3)[N-]C(c3ccccn3)=C2)C=C1.F[P-](F)(F)(F)(F)F.[CH]1[CH][CH-]C=C1.[Fe+2].[Ru+2].[c-]1c(-c2ccccn2)cccc1-c1ccccn1. The van der Waals surface area contributed by atoms with Crippen LogP contribution in [0.25, 0.3) is 39.2 Å². The Morgan fingerprint density at radius 2 is 0.945 bits per heavy atom. The van der Waals surface area contributed by atoms with Gasteiger partial charge in [-0.1, -0.05) is 84.0 Å². The molecule has 0 saturated heterocycles. The standard InChI is InChI=1S/C20H14N3.C16H11N2.C5H5.F6P.Fe.Ru/c1-2-8-15(7-1)16-13-19(17-9-3-5-11-21-17)23-20(14-16)18-10-4-6-12-22-18;1-3-10-17-15(8-1)13-6-5-7-14(12-13)16-9-2-4-11-18-16;1-2-4-5-3-1;1-7(2,3,4,5)6;;/h1-14H;1-11H;1-5H;;;/q4*-1;2*+2. The molecule has 0 fully saturated rings. The first kappa shape index (κ1) is 44.5. The molecule has 0 bridgehead atoms. The number of rotatable bonds is 4. The zero-order valence-corrected chi connectivity index (χ0v) is 32.2. The maximum absolute atomic E-state index is 10.7. The molecule has 0 N–H and O–H groups in total. The van der Waals surface area contributed by atoms with Crippen LogP contribution in [0, 0.1) is 25.3 Å².